The number of phosphoric acid groups is 1. The second kappa shape index (κ2) is 38.4. The molecule has 0 rings (SSSR count). The van der Waals surface area contributed by atoms with Crippen LogP contribution in [0.25, 0.3) is 0 Å². The van der Waals surface area contributed by atoms with Crippen LogP contribution in [0, 0.1) is 5.92 Å². The van der Waals surface area contributed by atoms with Crippen molar-refractivity contribution in [3.05, 3.63) is 48.6 Å². The third kappa shape index (κ3) is 38.7. The summed E-state index contributed by atoms with van der Waals surface area (Å²) in [6.45, 7) is 4.51. The van der Waals surface area contributed by atoms with E-state index in [1.165, 1.54) is 77.0 Å². The van der Waals surface area contributed by atoms with Crippen molar-refractivity contribution in [1.82, 2.24) is 0 Å². The molecule has 326 valence electrons. The SMILES string of the molecule is CCCCC/C=C\C[C@H](O)/C=C/C=C\C/C=C\CCCC(=O)O[C@H](COC(=O)CCCCCCCCCCCCCCC(C)C)COP(=O)(O)OC[C@@H](O)CO. The highest BCUT2D eigenvalue weighted by molar-refractivity contribution is 7.47. The standard InChI is InChI=1S/C44H79O11P/c1-4-5-6-7-21-26-31-40(46)32-27-22-17-14-15-19-24-29-34-44(49)55-42(38-54-56(50,51)53-36-41(47)35-45)37-52-43(48)33-28-23-18-13-11-9-8-10-12-16-20-25-30-39(2)3/h15,17,19,21-22,26-27,32,39-42,45-47H,4-14,16,18,20,23-25,28-31,33-38H2,1-3H3,(H,50,51)/b19-15-,22-17-,26-21-,32-27+/t40-,41-,42+/m0/s1. The smallest absolute Gasteiger partial charge is 0.462 e. The van der Waals surface area contributed by atoms with Gasteiger partial charge in [-0.2, -0.15) is 0 Å². The Kier molecular flexibility index (Phi) is 37.0. The summed E-state index contributed by atoms with van der Waals surface area (Å²) >= 11 is 0. The monoisotopic (exact) mass is 815 g/mol. The highest BCUT2D eigenvalue weighted by Crippen LogP contribution is 2.43. The van der Waals surface area contributed by atoms with Gasteiger partial charge in [0, 0.05) is 12.8 Å². The fourth-order valence-corrected chi connectivity index (χ4v) is 6.40. The average Bonchev–Trinajstić information content (AvgIpc) is 3.16. The van der Waals surface area contributed by atoms with Gasteiger partial charge in [0.25, 0.3) is 0 Å². The van der Waals surface area contributed by atoms with Crippen molar-refractivity contribution >= 4 is 19.8 Å². The fourth-order valence-electron chi connectivity index (χ4n) is 5.61. The van der Waals surface area contributed by atoms with E-state index in [9.17, 15) is 29.3 Å². The van der Waals surface area contributed by atoms with Gasteiger partial charge in [0.05, 0.1) is 25.9 Å². The third-order valence-electron chi connectivity index (χ3n) is 8.99. The fraction of sp³-hybridized carbons (Fsp3) is 0.773. The minimum absolute atomic E-state index is 0.0761. The second-order valence-corrected chi connectivity index (χ2v) is 16.5. The van der Waals surface area contributed by atoms with Crippen LogP contribution in [-0.4, -0.2) is 76.9 Å². The number of hydrogen-bond donors (Lipinski definition) is 4. The molecular weight excluding hydrogens is 735 g/mol. The first-order valence-electron chi connectivity index (χ1n) is 21.6. The number of unbranched alkanes of at least 4 members (excludes halogenated alkanes) is 15. The molecule has 0 amide bonds. The summed E-state index contributed by atoms with van der Waals surface area (Å²) in [5.74, 6) is -0.227. The van der Waals surface area contributed by atoms with E-state index in [4.69, 9.17) is 19.1 Å². The van der Waals surface area contributed by atoms with Gasteiger partial charge in [0.2, 0.25) is 0 Å². The maximum absolute atomic E-state index is 12.6. The second-order valence-electron chi connectivity index (χ2n) is 15.0. The number of esters is 2. The van der Waals surface area contributed by atoms with E-state index < -0.39 is 57.9 Å². The molecule has 0 aromatic rings. The summed E-state index contributed by atoms with van der Waals surface area (Å²) in [5.41, 5.74) is 0. The van der Waals surface area contributed by atoms with Gasteiger partial charge in [-0.3, -0.25) is 18.6 Å². The minimum atomic E-state index is -4.65. The summed E-state index contributed by atoms with van der Waals surface area (Å²) in [7, 11) is -4.65. The Morgan fingerprint density at radius 1 is 0.661 bits per heavy atom. The Morgan fingerprint density at radius 3 is 1.89 bits per heavy atom. The van der Waals surface area contributed by atoms with Crippen LogP contribution in [0.1, 0.15) is 168 Å². The largest absolute Gasteiger partial charge is 0.472 e. The zero-order valence-electron chi connectivity index (χ0n) is 35.1. The molecule has 0 spiro atoms. The van der Waals surface area contributed by atoms with Gasteiger partial charge >= 0.3 is 19.8 Å². The number of rotatable bonds is 39. The zero-order chi connectivity index (χ0) is 41.5. The Hall–Kier alpha value is -2.11. The first-order valence-corrected chi connectivity index (χ1v) is 23.1. The summed E-state index contributed by atoms with van der Waals surface area (Å²) in [6.07, 6.45) is 35.4. The van der Waals surface area contributed by atoms with Crippen LogP contribution in [0.2, 0.25) is 0 Å². The Morgan fingerprint density at radius 2 is 1.25 bits per heavy atom. The van der Waals surface area contributed by atoms with Crippen molar-refractivity contribution in [3.63, 3.8) is 0 Å². The van der Waals surface area contributed by atoms with Crippen LogP contribution in [0.15, 0.2) is 48.6 Å². The number of aliphatic hydroxyl groups excluding tert-OH is 3. The predicted molar refractivity (Wildman–Crippen MR) is 225 cm³/mol. The molecular formula is C44H79O11P. The lowest BCUT2D eigenvalue weighted by molar-refractivity contribution is -0.161. The molecule has 4 atom stereocenters. The minimum Gasteiger partial charge on any atom is -0.462 e. The van der Waals surface area contributed by atoms with Crippen LogP contribution < -0.4 is 0 Å². The van der Waals surface area contributed by atoms with Crippen LogP contribution in [0.5, 0.6) is 0 Å². The van der Waals surface area contributed by atoms with Gasteiger partial charge in [-0.05, 0) is 50.9 Å². The molecule has 0 aliphatic heterocycles. The molecule has 0 aliphatic rings. The van der Waals surface area contributed by atoms with Crippen molar-refractivity contribution in [3.8, 4) is 0 Å². The summed E-state index contributed by atoms with van der Waals surface area (Å²) in [6, 6.07) is 0. The molecule has 56 heavy (non-hydrogen) atoms. The third-order valence-corrected chi connectivity index (χ3v) is 9.95. The topological polar surface area (TPSA) is 169 Å². The number of aliphatic hydroxyl groups is 3. The lowest BCUT2D eigenvalue weighted by Crippen LogP contribution is -2.29. The molecule has 0 fully saturated rings. The van der Waals surface area contributed by atoms with Crippen molar-refractivity contribution in [2.75, 3.05) is 26.4 Å². The van der Waals surface area contributed by atoms with Crippen LogP contribution in [-0.2, 0) is 32.7 Å². The number of carbonyl (C=O) groups is 2. The Balaban J connectivity index is 4.47. The van der Waals surface area contributed by atoms with Gasteiger partial charge in [-0.1, -0.05) is 159 Å². The first kappa shape index (κ1) is 53.9. The molecule has 0 bridgehead atoms. The molecule has 0 heterocycles. The van der Waals surface area contributed by atoms with E-state index in [1.54, 1.807) is 6.08 Å². The zero-order valence-corrected chi connectivity index (χ0v) is 36.0. The van der Waals surface area contributed by atoms with Crippen molar-refractivity contribution in [2.24, 2.45) is 5.92 Å². The van der Waals surface area contributed by atoms with Crippen molar-refractivity contribution in [2.45, 2.75) is 187 Å². The molecule has 0 saturated carbocycles. The van der Waals surface area contributed by atoms with Crippen molar-refractivity contribution in [1.29, 1.82) is 0 Å². The Labute approximate surface area is 339 Å². The highest BCUT2D eigenvalue weighted by Gasteiger charge is 2.27. The van der Waals surface area contributed by atoms with E-state index in [-0.39, 0.29) is 19.4 Å². The molecule has 4 N–H and O–H groups in total. The predicted octanol–water partition coefficient (Wildman–Crippen LogP) is 10.2. The average molecular weight is 815 g/mol. The number of phosphoric ester groups is 1. The van der Waals surface area contributed by atoms with Crippen LogP contribution in [0.4, 0.5) is 0 Å². The molecule has 12 heteroatoms. The number of allylic oxidation sites excluding steroid dienone is 6. The summed E-state index contributed by atoms with van der Waals surface area (Å²) in [4.78, 5) is 34.9. The Bertz CT molecular complexity index is 1100. The highest BCUT2D eigenvalue weighted by atomic mass is 31.2. The van der Waals surface area contributed by atoms with E-state index in [2.05, 4.69) is 31.4 Å². The van der Waals surface area contributed by atoms with Gasteiger partial charge in [0.15, 0.2) is 6.10 Å². The first-order chi connectivity index (χ1) is 27.0. The normalized spacial score (nSPS) is 15.0. The van der Waals surface area contributed by atoms with Gasteiger partial charge in [-0.25, -0.2) is 4.57 Å². The van der Waals surface area contributed by atoms with Crippen LogP contribution in [0.3, 0.4) is 0 Å². The summed E-state index contributed by atoms with van der Waals surface area (Å²) in [5, 5.41) is 28.3. The maximum atomic E-state index is 12.6. The molecule has 0 aromatic carbocycles. The van der Waals surface area contributed by atoms with E-state index in [0.717, 1.165) is 31.6 Å². The molecule has 0 aliphatic carbocycles. The lowest BCUT2D eigenvalue weighted by atomic mass is 10.0. The summed E-state index contributed by atoms with van der Waals surface area (Å²) < 4.78 is 32.6. The van der Waals surface area contributed by atoms with Crippen LogP contribution >= 0.6 is 7.82 Å². The van der Waals surface area contributed by atoms with Gasteiger partial charge < -0.3 is 29.7 Å². The van der Waals surface area contributed by atoms with Gasteiger partial charge in [-0.15, -0.1) is 0 Å². The molecule has 0 saturated heterocycles. The molecule has 0 radical (unpaired) electrons. The van der Waals surface area contributed by atoms with E-state index >= 15 is 0 Å². The molecule has 11 nitrogen and oxygen atoms in total. The molecule has 0 aromatic heterocycles. The molecule has 1 unspecified atom stereocenters. The number of ether oxygens (including phenoxy) is 2. The van der Waals surface area contributed by atoms with E-state index in [0.29, 0.717) is 32.1 Å². The maximum Gasteiger partial charge on any atom is 0.472 e. The number of carbonyl (C=O) groups excluding carboxylic acids is 2. The number of hydrogen-bond acceptors (Lipinski definition) is 10. The van der Waals surface area contributed by atoms with Gasteiger partial charge in [0.1, 0.15) is 12.7 Å². The quantitative estimate of drug-likeness (QED) is 0.0153. The van der Waals surface area contributed by atoms with Crippen molar-refractivity contribution < 1.29 is 52.9 Å². The lowest BCUT2D eigenvalue weighted by Gasteiger charge is -2.20. The van der Waals surface area contributed by atoms with E-state index in [1.807, 2.05) is 36.5 Å².